The summed E-state index contributed by atoms with van der Waals surface area (Å²) in [6.07, 6.45) is 2.15. The summed E-state index contributed by atoms with van der Waals surface area (Å²) in [6, 6.07) is 7.63. The van der Waals surface area contributed by atoms with Crippen LogP contribution in [0.25, 0.3) is 0 Å². The Bertz CT molecular complexity index is 1380. The number of halogens is 2. The van der Waals surface area contributed by atoms with E-state index in [1.165, 1.54) is 18.2 Å². The number of hydrogen-bond donors (Lipinski definition) is 3. The minimum Gasteiger partial charge on any atom is -0.507 e. The Morgan fingerprint density at radius 2 is 1.32 bits per heavy atom. The number of carboxylic acids is 1. The van der Waals surface area contributed by atoms with E-state index in [4.69, 9.17) is 4.74 Å². The molecule has 3 aromatic carbocycles. The molecule has 0 aromatic heterocycles. The minimum atomic E-state index is -1.91. The molecule has 0 amide bonds. The lowest BCUT2D eigenvalue weighted by atomic mass is 9.72. The van der Waals surface area contributed by atoms with Crippen LogP contribution in [0, 0.1) is 0 Å². The van der Waals surface area contributed by atoms with Crippen LogP contribution in [0.4, 0.5) is 0 Å². The zero-order chi connectivity index (χ0) is 27.2. The largest absolute Gasteiger partial charge is 0.507 e. The van der Waals surface area contributed by atoms with Crippen molar-refractivity contribution in [3.8, 4) is 11.5 Å². The Hall–Kier alpha value is -2.84. The Morgan fingerprint density at radius 1 is 0.838 bits per heavy atom. The van der Waals surface area contributed by atoms with Crippen molar-refractivity contribution >= 4 is 43.8 Å². The van der Waals surface area contributed by atoms with Gasteiger partial charge in [0.25, 0.3) is 0 Å². The number of carbonyl (C=O) groups is 2. The smallest absolute Gasteiger partial charge is 0.340 e. The van der Waals surface area contributed by atoms with Crippen molar-refractivity contribution in [2.75, 3.05) is 0 Å². The summed E-state index contributed by atoms with van der Waals surface area (Å²) in [5.41, 5.74) is 1.63. The highest BCUT2D eigenvalue weighted by Gasteiger charge is 2.55. The van der Waals surface area contributed by atoms with Crippen molar-refractivity contribution in [2.45, 2.75) is 59.0 Å². The molecule has 0 radical (unpaired) electrons. The SMILES string of the molecule is CCc1cc(O)c(C2(c3c(O)cc(CC)c(Br)c3CC)OC(=O)c3cccc(C(=O)O)c32)c(CC)c1Br. The number of rotatable bonds is 7. The number of ether oxygens (including phenoxy) is 1. The summed E-state index contributed by atoms with van der Waals surface area (Å²) < 4.78 is 7.70. The van der Waals surface area contributed by atoms with E-state index >= 15 is 0 Å². The number of phenolic OH excluding ortho intramolecular Hbond substituents is 2. The molecular weight excluding hydrogens is 604 g/mol. The highest BCUT2D eigenvalue weighted by Crippen LogP contribution is 2.57. The van der Waals surface area contributed by atoms with Gasteiger partial charge in [0.1, 0.15) is 11.5 Å². The number of hydrogen-bond acceptors (Lipinski definition) is 5. The van der Waals surface area contributed by atoms with Crippen LogP contribution in [-0.2, 0) is 36.0 Å². The van der Waals surface area contributed by atoms with Gasteiger partial charge in [0.15, 0.2) is 5.60 Å². The first-order valence-corrected chi connectivity index (χ1v) is 13.8. The predicted octanol–water partition coefficient (Wildman–Crippen LogP) is 7.03. The summed E-state index contributed by atoms with van der Waals surface area (Å²) in [5.74, 6) is -2.26. The first-order valence-electron chi connectivity index (χ1n) is 12.3. The van der Waals surface area contributed by atoms with Gasteiger partial charge >= 0.3 is 11.9 Å². The highest BCUT2D eigenvalue weighted by atomic mass is 79.9. The number of aryl methyl sites for hydroxylation is 2. The Balaban J connectivity index is 2.34. The van der Waals surface area contributed by atoms with Crippen molar-refractivity contribution in [1.29, 1.82) is 0 Å². The number of carboxylic acid groups (broad SMARTS) is 1. The number of aromatic carboxylic acids is 1. The maximum atomic E-state index is 13.4. The van der Waals surface area contributed by atoms with Gasteiger partial charge in [-0.15, -0.1) is 0 Å². The van der Waals surface area contributed by atoms with Crippen molar-refractivity contribution in [1.82, 2.24) is 0 Å². The van der Waals surface area contributed by atoms with Crippen LogP contribution in [0.1, 0.15) is 87.4 Å². The Kier molecular flexibility index (Phi) is 7.45. The van der Waals surface area contributed by atoms with Crippen molar-refractivity contribution in [3.63, 3.8) is 0 Å². The lowest BCUT2D eigenvalue weighted by molar-refractivity contribution is 0.0228. The quantitative estimate of drug-likeness (QED) is 0.242. The number of phenols is 2. The Morgan fingerprint density at radius 3 is 1.73 bits per heavy atom. The van der Waals surface area contributed by atoms with Crippen molar-refractivity contribution < 1.29 is 29.6 Å². The van der Waals surface area contributed by atoms with Crippen molar-refractivity contribution in [2.24, 2.45) is 0 Å². The average molecular weight is 632 g/mol. The minimum absolute atomic E-state index is 0.0780. The van der Waals surface area contributed by atoms with E-state index in [1.807, 2.05) is 27.7 Å². The number of esters is 1. The lowest BCUT2D eigenvalue weighted by Gasteiger charge is -2.36. The molecule has 1 aliphatic heterocycles. The van der Waals surface area contributed by atoms with Crippen LogP contribution in [0.5, 0.6) is 11.5 Å². The molecule has 194 valence electrons. The summed E-state index contributed by atoms with van der Waals surface area (Å²) in [5, 5.41) is 33.3. The summed E-state index contributed by atoms with van der Waals surface area (Å²) in [6.45, 7) is 7.74. The van der Waals surface area contributed by atoms with Gasteiger partial charge in [-0.2, -0.15) is 0 Å². The molecule has 3 aromatic rings. The summed E-state index contributed by atoms with van der Waals surface area (Å²) in [7, 11) is 0. The number of carbonyl (C=O) groups excluding carboxylic acids is 1. The van der Waals surface area contributed by atoms with E-state index in [2.05, 4.69) is 31.9 Å². The maximum absolute atomic E-state index is 13.4. The van der Waals surface area contributed by atoms with Gasteiger partial charge in [0.05, 0.1) is 22.3 Å². The fourth-order valence-electron chi connectivity index (χ4n) is 5.48. The summed E-state index contributed by atoms with van der Waals surface area (Å²) >= 11 is 7.37. The molecule has 37 heavy (non-hydrogen) atoms. The van der Waals surface area contributed by atoms with Crippen LogP contribution in [0.15, 0.2) is 39.3 Å². The molecule has 0 fully saturated rings. The lowest BCUT2D eigenvalue weighted by Crippen LogP contribution is -2.34. The number of aromatic hydroxyl groups is 2. The first-order chi connectivity index (χ1) is 17.6. The van der Waals surface area contributed by atoms with Gasteiger partial charge in [-0.25, -0.2) is 9.59 Å². The van der Waals surface area contributed by atoms with Gasteiger partial charge in [0.2, 0.25) is 0 Å². The third-order valence-corrected chi connectivity index (χ3v) is 9.09. The van der Waals surface area contributed by atoms with E-state index in [0.717, 1.165) is 20.1 Å². The van der Waals surface area contributed by atoms with E-state index in [1.54, 1.807) is 12.1 Å². The topological polar surface area (TPSA) is 104 Å². The monoisotopic (exact) mass is 630 g/mol. The number of benzene rings is 3. The second-order valence-corrected chi connectivity index (χ2v) is 10.5. The van der Waals surface area contributed by atoms with Gasteiger partial charge in [-0.3, -0.25) is 0 Å². The maximum Gasteiger partial charge on any atom is 0.340 e. The third kappa shape index (κ3) is 3.96. The standard InChI is InChI=1S/C29H28Br2O6/c1-5-14-12-20(32)23(16(7-3)25(14)30)29(24-17(8-4)26(31)15(6-2)13-21(24)33)22-18(27(34)35)10-9-11-19(22)28(36)37-29/h9-13,32-33H,5-8H2,1-4H3,(H,34,35). The third-order valence-electron chi connectivity index (χ3n) is 7.12. The van der Waals surface area contributed by atoms with Crippen LogP contribution in [0.2, 0.25) is 0 Å². The molecule has 0 atom stereocenters. The molecule has 0 unspecified atom stereocenters. The van der Waals surface area contributed by atoms with E-state index < -0.39 is 17.5 Å². The molecule has 1 aliphatic rings. The van der Waals surface area contributed by atoms with Crippen molar-refractivity contribution in [3.05, 3.63) is 89.3 Å². The molecule has 0 bridgehead atoms. The molecule has 4 rings (SSSR count). The molecule has 8 heteroatoms. The van der Waals surface area contributed by atoms with Crippen LogP contribution >= 0.6 is 31.9 Å². The fraction of sp³-hybridized carbons (Fsp3) is 0.310. The van der Waals surface area contributed by atoms with Gasteiger partial charge in [0, 0.05) is 14.5 Å². The van der Waals surface area contributed by atoms with Gasteiger partial charge in [-0.1, -0.05) is 65.6 Å². The second-order valence-electron chi connectivity index (χ2n) is 8.96. The van der Waals surface area contributed by atoms with E-state index in [-0.39, 0.29) is 39.3 Å². The molecule has 0 spiro atoms. The molecule has 1 heterocycles. The number of fused-ring (bicyclic) bond motifs is 1. The average Bonchev–Trinajstić information content (AvgIpc) is 3.17. The molecule has 0 saturated heterocycles. The van der Waals surface area contributed by atoms with E-state index in [9.17, 15) is 24.9 Å². The molecular formula is C29H28Br2O6. The van der Waals surface area contributed by atoms with Crippen LogP contribution in [-0.4, -0.2) is 27.3 Å². The zero-order valence-corrected chi connectivity index (χ0v) is 24.2. The highest BCUT2D eigenvalue weighted by molar-refractivity contribution is 9.10. The first kappa shape index (κ1) is 27.2. The molecule has 0 aliphatic carbocycles. The van der Waals surface area contributed by atoms with Crippen LogP contribution in [0.3, 0.4) is 0 Å². The second kappa shape index (κ2) is 10.1. The normalized spacial score (nSPS) is 13.9. The molecule has 0 saturated carbocycles. The van der Waals surface area contributed by atoms with Gasteiger partial charge < -0.3 is 20.1 Å². The van der Waals surface area contributed by atoms with E-state index in [0.29, 0.717) is 36.8 Å². The molecule has 6 nitrogen and oxygen atoms in total. The predicted molar refractivity (Wildman–Crippen MR) is 148 cm³/mol. The fourth-order valence-corrected chi connectivity index (χ4v) is 7.23. The van der Waals surface area contributed by atoms with Crippen LogP contribution < -0.4 is 0 Å². The summed E-state index contributed by atoms with van der Waals surface area (Å²) in [4.78, 5) is 26.0. The number of cyclic esters (lactones) is 1. The zero-order valence-electron chi connectivity index (χ0n) is 21.0. The van der Waals surface area contributed by atoms with Gasteiger partial charge in [-0.05, 0) is 72.2 Å². The Labute approximate surface area is 232 Å². The molecule has 3 N–H and O–H groups in total.